The summed E-state index contributed by atoms with van der Waals surface area (Å²) in [6.45, 7) is 5.43. The van der Waals surface area contributed by atoms with Crippen molar-refractivity contribution in [3.63, 3.8) is 0 Å². The number of halogens is 1. The van der Waals surface area contributed by atoms with E-state index in [1.165, 1.54) is 12.6 Å². The second-order valence-electron chi connectivity index (χ2n) is 5.76. The lowest BCUT2D eigenvalue weighted by Gasteiger charge is -2.08. The third-order valence-corrected chi connectivity index (χ3v) is 3.95. The highest BCUT2D eigenvalue weighted by Crippen LogP contribution is 2.21. The van der Waals surface area contributed by atoms with E-state index in [0.29, 0.717) is 29.7 Å². The minimum atomic E-state index is -0.253. The van der Waals surface area contributed by atoms with Gasteiger partial charge in [0.25, 0.3) is 0 Å². The van der Waals surface area contributed by atoms with Crippen LogP contribution in [0.2, 0.25) is 0 Å². The number of anilines is 3. The SMILES string of the molecule is [CH2][CH]Nc1nccc(Nc2cc3c(cn2)cnn3Cc2ccccc2F)n1. The molecule has 0 amide bonds. The normalized spacial score (nSPS) is 10.9. The summed E-state index contributed by atoms with van der Waals surface area (Å²) in [5.41, 5.74) is 1.42. The molecule has 0 atom stereocenters. The third-order valence-electron chi connectivity index (χ3n) is 3.95. The first-order valence-electron chi connectivity index (χ1n) is 8.25. The monoisotopic (exact) mass is 361 g/mol. The number of aromatic nitrogens is 5. The number of hydrogen-bond donors (Lipinski definition) is 2. The lowest BCUT2D eigenvalue weighted by atomic mass is 10.2. The van der Waals surface area contributed by atoms with E-state index in [2.05, 4.69) is 37.6 Å². The second-order valence-corrected chi connectivity index (χ2v) is 5.76. The summed E-state index contributed by atoms with van der Waals surface area (Å²) in [7, 11) is 0. The standard InChI is InChI=1S/C19H16FN7/c1-2-21-19-22-8-7-17(26-19)25-18-9-16-14(10-23-18)11-24-27(16)12-13-5-3-4-6-15(13)20/h2-11H,1,12H2,(H2,21,22,23,25,26). The largest absolute Gasteiger partial charge is 0.349 e. The summed E-state index contributed by atoms with van der Waals surface area (Å²) in [4.78, 5) is 12.8. The van der Waals surface area contributed by atoms with Gasteiger partial charge in [-0.1, -0.05) is 18.2 Å². The Morgan fingerprint density at radius 3 is 2.85 bits per heavy atom. The molecule has 2 radical (unpaired) electrons. The molecule has 0 fully saturated rings. The Morgan fingerprint density at radius 1 is 1.11 bits per heavy atom. The number of benzene rings is 1. The van der Waals surface area contributed by atoms with Gasteiger partial charge < -0.3 is 10.6 Å². The van der Waals surface area contributed by atoms with E-state index in [-0.39, 0.29) is 5.82 Å². The van der Waals surface area contributed by atoms with Gasteiger partial charge in [0.15, 0.2) is 0 Å². The van der Waals surface area contributed by atoms with Crippen molar-refractivity contribution in [1.82, 2.24) is 24.7 Å². The first-order valence-corrected chi connectivity index (χ1v) is 8.25. The summed E-state index contributed by atoms with van der Waals surface area (Å²) >= 11 is 0. The maximum absolute atomic E-state index is 14.0. The summed E-state index contributed by atoms with van der Waals surface area (Å²) in [5, 5.41) is 11.2. The highest BCUT2D eigenvalue weighted by atomic mass is 19.1. The molecule has 0 saturated heterocycles. The fraction of sp³-hybridized carbons (Fsp3) is 0.0526. The average Bonchev–Trinajstić information content (AvgIpc) is 3.06. The zero-order valence-electron chi connectivity index (χ0n) is 14.3. The predicted molar refractivity (Wildman–Crippen MR) is 102 cm³/mol. The van der Waals surface area contributed by atoms with Crippen LogP contribution in [0, 0.1) is 19.3 Å². The van der Waals surface area contributed by atoms with Crippen LogP contribution in [0.1, 0.15) is 5.56 Å². The van der Waals surface area contributed by atoms with E-state index in [1.54, 1.807) is 41.5 Å². The first-order chi connectivity index (χ1) is 13.2. The van der Waals surface area contributed by atoms with E-state index >= 15 is 0 Å². The second kappa shape index (κ2) is 7.36. The average molecular weight is 361 g/mol. The van der Waals surface area contributed by atoms with Crippen molar-refractivity contribution in [2.45, 2.75) is 6.54 Å². The number of pyridine rings is 1. The molecule has 0 spiro atoms. The Hall–Kier alpha value is -3.55. The van der Waals surface area contributed by atoms with E-state index in [1.807, 2.05) is 12.1 Å². The molecule has 134 valence electrons. The van der Waals surface area contributed by atoms with Crippen LogP contribution >= 0.6 is 0 Å². The maximum atomic E-state index is 14.0. The van der Waals surface area contributed by atoms with E-state index in [9.17, 15) is 4.39 Å². The van der Waals surface area contributed by atoms with Gasteiger partial charge in [-0.3, -0.25) is 4.68 Å². The van der Waals surface area contributed by atoms with Crippen LogP contribution < -0.4 is 10.6 Å². The van der Waals surface area contributed by atoms with Crippen molar-refractivity contribution < 1.29 is 4.39 Å². The van der Waals surface area contributed by atoms with Crippen molar-refractivity contribution in [3.05, 3.63) is 79.8 Å². The Kier molecular flexibility index (Phi) is 4.61. The maximum Gasteiger partial charge on any atom is 0.224 e. The fourth-order valence-corrected chi connectivity index (χ4v) is 2.68. The Labute approximate surface area is 155 Å². The van der Waals surface area contributed by atoms with Gasteiger partial charge in [0.1, 0.15) is 17.5 Å². The summed E-state index contributed by atoms with van der Waals surface area (Å²) < 4.78 is 15.7. The third kappa shape index (κ3) is 3.69. The molecule has 0 aliphatic heterocycles. The molecule has 4 aromatic rings. The molecule has 0 aliphatic carbocycles. The van der Waals surface area contributed by atoms with Crippen molar-refractivity contribution >= 4 is 28.5 Å². The van der Waals surface area contributed by atoms with Crippen LogP contribution in [-0.4, -0.2) is 24.7 Å². The highest BCUT2D eigenvalue weighted by molar-refractivity contribution is 5.81. The van der Waals surface area contributed by atoms with Crippen LogP contribution in [0.3, 0.4) is 0 Å². The molecule has 1 aromatic carbocycles. The topological polar surface area (TPSA) is 80.5 Å². The van der Waals surface area contributed by atoms with Gasteiger partial charge in [0.2, 0.25) is 5.95 Å². The number of rotatable bonds is 6. The molecule has 3 heterocycles. The summed E-state index contributed by atoms with van der Waals surface area (Å²) in [5.74, 6) is 1.36. The quantitative estimate of drug-likeness (QED) is 0.547. The van der Waals surface area contributed by atoms with Crippen LogP contribution in [0.15, 0.2) is 55.0 Å². The molecule has 0 unspecified atom stereocenters. The predicted octanol–water partition coefficient (Wildman–Crippen LogP) is 3.56. The number of nitrogens with zero attached hydrogens (tertiary/aromatic N) is 5. The molecule has 7 nitrogen and oxygen atoms in total. The van der Waals surface area contributed by atoms with Crippen LogP contribution in [0.4, 0.5) is 22.0 Å². The van der Waals surface area contributed by atoms with Gasteiger partial charge in [-0.15, -0.1) is 0 Å². The molecule has 3 aromatic heterocycles. The molecule has 8 heteroatoms. The lowest BCUT2D eigenvalue weighted by Crippen LogP contribution is -2.04. The van der Waals surface area contributed by atoms with Gasteiger partial charge in [-0.25, -0.2) is 14.4 Å². The molecular formula is C19H16FN7. The summed E-state index contributed by atoms with van der Waals surface area (Å²) in [6.07, 6.45) is 5.05. The molecule has 0 saturated carbocycles. The molecular weight excluding hydrogens is 345 g/mol. The van der Waals surface area contributed by atoms with Gasteiger partial charge in [0, 0.05) is 36.0 Å². The molecule has 0 aliphatic rings. The molecule has 0 bridgehead atoms. The number of fused-ring (bicyclic) bond motifs is 1. The Balaban J connectivity index is 1.62. The number of nitrogens with one attached hydrogen (secondary N) is 2. The van der Waals surface area contributed by atoms with Crippen LogP contribution in [-0.2, 0) is 6.54 Å². The van der Waals surface area contributed by atoms with E-state index < -0.39 is 0 Å². The zero-order chi connectivity index (χ0) is 18.6. The van der Waals surface area contributed by atoms with Crippen LogP contribution in [0.5, 0.6) is 0 Å². The zero-order valence-corrected chi connectivity index (χ0v) is 14.3. The summed E-state index contributed by atoms with van der Waals surface area (Å²) in [6, 6.07) is 10.3. The molecule has 4 rings (SSSR count). The lowest BCUT2D eigenvalue weighted by molar-refractivity contribution is 0.590. The van der Waals surface area contributed by atoms with Crippen molar-refractivity contribution in [2.75, 3.05) is 10.6 Å². The van der Waals surface area contributed by atoms with Gasteiger partial charge in [0.05, 0.1) is 18.3 Å². The van der Waals surface area contributed by atoms with E-state index in [0.717, 1.165) is 10.9 Å². The van der Waals surface area contributed by atoms with Gasteiger partial charge in [-0.05, 0) is 19.1 Å². The molecule has 27 heavy (non-hydrogen) atoms. The smallest absolute Gasteiger partial charge is 0.224 e. The van der Waals surface area contributed by atoms with Gasteiger partial charge in [-0.2, -0.15) is 10.1 Å². The Morgan fingerprint density at radius 2 is 2.00 bits per heavy atom. The van der Waals surface area contributed by atoms with E-state index in [4.69, 9.17) is 0 Å². The van der Waals surface area contributed by atoms with Crippen molar-refractivity contribution in [2.24, 2.45) is 0 Å². The van der Waals surface area contributed by atoms with Crippen molar-refractivity contribution in [3.8, 4) is 0 Å². The minimum Gasteiger partial charge on any atom is -0.349 e. The minimum absolute atomic E-state index is 0.253. The molecule has 2 N–H and O–H groups in total. The van der Waals surface area contributed by atoms with Gasteiger partial charge >= 0.3 is 0 Å². The van der Waals surface area contributed by atoms with Crippen molar-refractivity contribution in [1.29, 1.82) is 0 Å². The first kappa shape index (κ1) is 16.9. The Bertz CT molecular complexity index is 1080. The highest BCUT2D eigenvalue weighted by Gasteiger charge is 2.09. The van der Waals surface area contributed by atoms with Crippen LogP contribution in [0.25, 0.3) is 10.9 Å². The number of hydrogen-bond acceptors (Lipinski definition) is 6. The fourth-order valence-electron chi connectivity index (χ4n) is 2.68.